The first-order valence-electron chi connectivity index (χ1n) is 7.04. The average molecular weight is 327 g/mol. The van der Waals surface area contributed by atoms with Crippen LogP contribution in [0.5, 0.6) is 5.75 Å². The van der Waals surface area contributed by atoms with Gasteiger partial charge in [0.1, 0.15) is 17.4 Å². The Morgan fingerprint density at radius 1 is 1.30 bits per heavy atom. The minimum absolute atomic E-state index is 0.0497. The van der Waals surface area contributed by atoms with Crippen molar-refractivity contribution in [3.8, 4) is 11.8 Å². The van der Waals surface area contributed by atoms with Crippen LogP contribution < -0.4 is 5.32 Å². The molecule has 0 radical (unpaired) electrons. The Morgan fingerprint density at radius 3 is 2.57 bits per heavy atom. The maximum absolute atomic E-state index is 12.2. The number of aromatic hydroxyl groups is 1. The van der Waals surface area contributed by atoms with Gasteiger partial charge in [-0.15, -0.1) is 0 Å². The summed E-state index contributed by atoms with van der Waals surface area (Å²) in [6.45, 7) is 2.05. The number of nitrogens with one attached hydrogen (secondary N) is 1. The molecular formula is C18H15ClN2O2. The van der Waals surface area contributed by atoms with Crippen LogP contribution in [0, 0.1) is 11.3 Å². The quantitative estimate of drug-likeness (QED) is 0.654. The molecule has 0 saturated carbocycles. The molecule has 116 valence electrons. The van der Waals surface area contributed by atoms with Gasteiger partial charge in [0.2, 0.25) is 0 Å². The van der Waals surface area contributed by atoms with Gasteiger partial charge in [-0.1, -0.05) is 36.7 Å². The number of hydrogen-bond acceptors (Lipinski definition) is 3. The maximum Gasteiger partial charge on any atom is 0.266 e. The molecule has 0 fully saturated rings. The summed E-state index contributed by atoms with van der Waals surface area (Å²) < 4.78 is 0. The summed E-state index contributed by atoms with van der Waals surface area (Å²) in [5.74, 6) is -0.552. The monoisotopic (exact) mass is 326 g/mol. The fraction of sp³-hybridized carbons (Fsp3) is 0.111. The van der Waals surface area contributed by atoms with Crippen molar-refractivity contribution in [2.24, 2.45) is 0 Å². The lowest BCUT2D eigenvalue weighted by Gasteiger charge is -2.05. The second kappa shape index (κ2) is 7.48. The van der Waals surface area contributed by atoms with E-state index in [0.29, 0.717) is 11.3 Å². The molecule has 0 unspecified atom stereocenters. The molecule has 0 aliphatic carbocycles. The fourth-order valence-corrected chi connectivity index (χ4v) is 2.14. The van der Waals surface area contributed by atoms with Crippen LogP contribution in [-0.4, -0.2) is 11.0 Å². The summed E-state index contributed by atoms with van der Waals surface area (Å²) in [5.41, 5.74) is 2.29. The Labute approximate surface area is 139 Å². The SMILES string of the molecule is CCc1ccc(NC(=O)/C(C#N)=C\c2ccc(O)c(Cl)c2)cc1. The van der Waals surface area contributed by atoms with Crippen molar-refractivity contribution in [3.05, 3.63) is 64.2 Å². The van der Waals surface area contributed by atoms with Crippen LogP contribution >= 0.6 is 11.6 Å². The number of carbonyl (C=O) groups is 1. The third kappa shape index (κ3) is 4.35. The lowest BCUT2D eigenvalue weighted by molar-refractivity contribution is -0.112. The number of nitriles is 1. The minimum Gasteiger partial charge on any atom is -0.506 e. The number of aryl methyl sites for hydroxylation is 1. The van der Waals surface area contributed by atoms with E-state index in [0.717, 1.165) is 12.0 Å². The van der Waals surface area contributed by atoms with E-state index in [-0.39, 0.29) is 16.3 Å². The molecule has 2 aromatic rings. The van der Waals surface area contributed by atoms with Crippen molar-refractivity contribution in [1.29, 1.82) is 5.26 Å². The summed E-state index contributed by atoms with van der Waals surface area (Å²) in [6, 6.07) is 13.8. The van der Waals surface area contributed by atoms with Crippen LogP contribution in [0.15, 0.2) is 48.0 Å². The molecule has 2 N–H and O–H groups in total. The van der Waals surface area contributed by atoms with Crippen LogP contribution in [0.4, 0.5) is 5.69 Å². The van der Waals surface area contributed by atoms with Gasteiger partial charge in [0, 0.05) is 5.69 Å². The zero-order chi connectivity index (χ0) is 16.8. The van der Waals surface area contributed by atoms with E-state index in [1.165, 1.54) is 18.2 Å². The summed E-state index contributed by atoms with van der Waals surface area (Å²) in [5, 5.41) is 21.4. The molecule has 0 bridgehead atoms. The predicted molar refractivity (Wildman–Crippen MR) is 91.2 cm³/mol. The second-order valence-corrected chi connectivity index (χ2v) is 5.29. The molecule has 2 aromatic carbocycles. The van der Waals surface area contributed by atoms with Crippen LogP contribution in [0.1, 0.15) is 18.1 Å². The van der Waals surface area contributed by atoms with Crippen molar-refractivity contribution in [1.82, 2.24) is 0 Å². The molecule has 5 heteroatoms. The molecule has 0 saturated heterocycles. The normalized spacial score (nSPS) is 10.9. The number of halogens is 1. The number of hydrogen-bond donors (Lipinski definition) is 2. The molecule has 0 aromatic heterocycles. The van der Waals surface area contributed by atoms with E-state index >= 15 is 0 Å². The molecule has 0 spiro atoms. The summed E-state index contributed by atoms with van der Waals surface area (Å²) >= 11 is 5.82. The number of amides is 1. The van der Waals surface area contributed by atoms with Gasteiger partial charge in [-0.25, -0.2) is 0 Å². The van der Waals surface area contributed by atoms with Gasteiger partial charge in [-0.2, -0.15) is 5.26 Å². The number of benzene rings is 2. The van der Waals surface area contributed by atoms with Crippen molar-refractivity contribution in [2.75, 3.05) is 5.32 Å². The zero-order valence-corrected chi connectivity index (χ0v) is 13.3. The first-order valence-corrected chi connectivity index (χ1v) is 7.42. The van der Waals surface area contributed by atoms with Gasteiger partial charge in [-0.05, 0) is 47.9 Å². The first kappa shape index (κ1) is 16.6. The van der Waals surface area contributed by atoms with Crippen LogP contribution in [-0.2, 0) is 11.2 Å². The number of phenols is 1. The third-order valence-corrected chi connectivity index (χ3v) is 3.57. The van der Waals surface area contributed by atoms with Gasteiger partial charge in [0.25, 0.3) is 5.91 Å². The number of carbonyl (C=O) groups excluding carboxylic acids is 1. The number of nitrogens with zero attached hydrogens (tertiary/aromatic N) is 1. The smallest absolute Gasteiger partial charge is 0.266 e. The van der Waals surface area contributed by atoms with Crippen molar-refractivity contribution in [3.63, 3.8) is 0 Å². The summed E-state index contributed by atoms with van der Waals surface area (Å²) in [4.78, 5) is 12.2. The lowest BCUT2D eigenvalue weighted by atomic mass is 10.1. The standard InChI is InChI=1S/C18H15ClN2O2/c1-2-12-3-6-15(7-4-12)21-18(23)14(11-20)9-13-5-8-17(22)16(19)10-13/h3-10,22H,2H2,1H3,(H,21,23)/b14-9-. The van der Waals surface area contributed by atoms with E-state index in [4.69, 9.17) is 11.6 Å². The Bertz CT molecular complexity index is 790. The Morgan fingerprint density at radius 2 is 2.00 bits per heavy atom. The topological polar surface area (TPSA) is 73.1 Å². The molecule has 0 heterocycles. The molecule has 0 aliphatic heterocycles. The third-order valence-electron chi connectivity index (χ3n) is 3.27. The summed E-state index contributed by atoms with van der Waals surface area (Å²) in [6.07, 6.45) is 2.33. The molecule has 0 atom stereocenters. The van der Waals surface area contributed by atoms with Crippen LogP contribution in [0.25, 0.3) is 6.08 Å². The number of anilines is 1. The molecular weight excluding hydrogens is 312 g/mol. The second-order valence-electron chi connectivity index (χ2n) is 4.89. The Balaban J connectivity index is 2.18. The Hall–Kier alpha value is -2.77. The average Bonchev–Trinajstić information content (AvgIpc) is 2.56. The molecule has 1 amide bonds. The van der Waals surface area contributed by atoms with Gasteiger partial charge in [-0.3, -0.25) is 4.79 Å². The van der Waals surface area contributed by atoms with E-state index in [1.807, 2.05) is 25.1 Å². The van der Waals surface area contributed by atoms with E-state index < -0.39 is 5.91 Å². The Kier molecular flexibility index (Phi) is 5.40. The highest BCUT2D eigenvalue weighted by molar-refractivity contribution is 6.32. The van der Waals surface area contributed by atoms with Gasteiger partial charge in [0.05, 0.1) is 5.02 Å². The highest BCUT2D eigenvalue weighted by atomic mass is 35.5. The van der Waals surface area contributed by atoms with Crippen molar-refractivity contribution >= 4 is 29.3 Å². The number of rotatable bonds is 4. The molecule has 0 aliphatic rings. The van der Waals surface area contributed by atoms with Crippen LogP contribution in [0.3, 0.4) is 0 Å². The number of phenolic OH excluding ortho intramolecular Hbond substituents is 1. The van der Waals surface area contributed by atoms with Gasteiger partial charge in [0.15, 0.2) is 0 Å². The maximum atomic E-state index is 12.2. The predicted octanol–water partition coefficient (Wildman–Crippen LogP) is 4.15. The molecule has 23 heavy (non-hydrogen) atoms. The van der Waals surface area contributed by atoms with Crippen molar-refractivity contribution < 1.29 is 9.90 Å². The van der Waals surface area contributed by atoms with E-state index in [2.05, 4.69) is 5.32 Å². The van der Waals surface area contributed by atoms with E-state index in [9.17, 15) is 15.2 Å². The van der Waals surface area contributed by atoms with Crippen molar-refractivity contribution in [2.45, 2.75) is 13.3 Å². The van der Waals surface area contributed by atoms with Gasteiger partial charge < -0.3 is 10.4 Å². The van der Waals surface area contributed by atoms with Gasteiger partial charge >= 0.3 is 0 Å². The first-order chi connectivity index (χ1) is 11.0. The molecule has 2 rings (SSSR count). The highest BCUT2D eigenvalue weighted by Crippen LogP contribution is 2.24. The van der Waals surface area contributed by atoms with E-state index in [1.54, 1.807) is 18.2 Å². The molecule has 4 nitrogen and oxygen atoms in total. The largest absolute Gasteiger partial charge is 0.506 e. The summed E-state index contributed by atoms with van der Waals surface area (Å²) in [7, 11) is 0. The zero-order valence-electron chi connectivity index (χ0n) is 12.5. The lowest BCUT2D eigenvalue weighted by Crippen LogP contribution is -2.13. The van der Waals surface area contributed by atoms with Crippen LogP contribution in [0.2, 0.25) is 5.02 Å². The minimum atomic E-state index is -0.499. The highest BCUT2D eigenvalue weighted by Gasteiger charge is 2.10. The fourth-order valence-electron chi connectivity index (χ4n) is 1.95.